The fourth-order valence-corrected chi connectivity index (χ4v) is 4.41. The predicted molar refractivity (Wildman–Crippen MR) is 91.8 cm³/mol. The van der Waals surface area contributed by atoms with Gasteiger partial charge >= 0.3 is 0 Å². The molecule has 0 unspecified atom stereocenters. The lowest BCUT2D eigenvalue weighted by atomic mass is 9.98. The van der Waals surface area contributed by atoms with Crippen molar-refractivity contribution in [3.63, 3.8) is 0 Å². The van der Waals surface area contributed by atoms with Crippen LogP contribution in [0.4, 0.5) is 0 Å². The molecular formula is C17H23N3O3S. The number of ether oxygens (including phenoxy) is 1. The Balaban J connectivity index is 1.66. The van der Waals surface area contributed by atoms with Crippen molar-refractivity contribution >= 4 is 10.0 Å². The number of nitrogens with one attached hydrogen (secondary N) is 1. The summed E-state index contributed by atoms with van der Waals surface area (Å²) < 4.78 is 34.7. The molecule has 7 heteroatoms. The highest BCUT2D eigenvalue weighted by Crippen LogP contribution is 2.22. The van der Waals surface area contributed by atoms with E-state index in [0.717, 1.165) is 12.8 Å². The summed E-state index contributed by atoms with van der Waals surface area (Å²) in [6.07, 6.45) is 6.40. The van der Waals surface area contributed by atoms with E-state index in [1.165, 1.54) is 24.1 Å². The van der Waals surface area contributed by atoms with E-state index in [4.69, 9.17) is 4.74 Å². The van der Waals surface area contributed by atoms with E-state index in [-0.39, 0.29) is 4.90 Å². The first-order chi connectivity index (χ1) is 11.5. The number of rotatable bonds is 6. The molecule has 6 nitrogen and oxygen atoms in total. The van der Waals surface area contributed by atoms with Crippen LogP contribution in [0.15, 0.2) is 29.3 Å². The molecule has 1 heterocycles. The summed E-state index contributed by atoms with van der Waals surface area (Å²) in [5.74, 6) is 0.648. The zero-order valence-corrected chi connectivity index (χ0v) is 14.9. The van der Waals surface area contributed by atoms with Crippen LogP contribution in [0.2, 0.25) is 0 Å². The van der Waals surface area contributed by atoms with Crippen molar-refractivity contribution in [3.05, 3.63) is 41.2 Å². The fourth-order valence-electron chi connectivity index (χ4n) is 3.16. The van der Waals surface area contributed by atoms with Crippen molar-refractivity contribution in [1.29, 1.82) is 0 Å². The van der Waals surface area contributed by atoms with Crippen LogP contribution in [-0.4, -0.2) is 31.9 Å². The summed E-state index contributed by atoms with van der Waals surface area (Å²) in [4.78, 5) is 0.283. The molecule has 1 aromatic heterocycles. The van der Waals surface area contributed by atoms with Crippen LogP contribution in [0.3, 0.4) is 0 Å². The largest absolute Gasteiger partial charge is 0.497 e. The third kappa shape index (κ3) is 3.47. The topological polar surface area (TPSA) is 73.2 Å². The first kappa shape index (κ1) is 17.0. The quantitative estimate of drug-likeness (QED) is 0.866. The van der Waals surface area contributed by atoms with Gasteiger partial charge in [-0.1, -0.05) is 0 Å². The van der Waals surface area contributed by atoms with Crippen molar-refractivity contribution in [2.75, 3.05) is 13.7 Å². The molecule has 0 radical (unpaired) electrons. The minimum atomic E-state index is -3.54. The number of hydrogen-bond acceptors (Lipinski definition) is 4. The molecule has 1 aliphatic rings. The van der Waals surface area contributed by atoms with Gasteiger partial charge in [-0.15, -0.1) is 0 Å². The Morgan fingerprint density at radius 1 is 1.29 bits per heavy atom. The molecule has 0 bridgehead atoms. The molecule has 2 aromatic rings. The second-order valence-corrected chi connectivity index (χ2v) is 7.81. The Morgan fingerprint density at radius 2 is 2.08 bits per heavy atom. The van der Waals surface area contributed by atoms with Crippen molar-refractivity contribution in [2.24, 2.45) is 0 Å². The lowest BCUT2D eigenvalue weighted by molar-refractivity contribution is 0.414. The minimum Gasteiger partial charge on any atom is -0.497 e. The van der Waals surface area contributed by atoms with E-state index >= 15 is 0 Å². The number of nitrogens with zero attached hydrogens (tertiary/aromatic N) is 2. The first-order valence-electron chi connectivity index (χ1n) is 8.19. The van der Waals surface area contributed by atoms with Crippen molar-refractivity contribution in [3.8, 4) is 5.75 Å². The summed E-state index contributed by atoms with van der Waals surface area (Å²) in [5.41, 5.74) is 3.22. The monoisotopic (exact) mass is 349 g/mol. The Hall–Kier alpha value is -1.86. The Kier molecular flexibility index (Phi) is 4.91. The number of benzene rings is 1. The maximum absolute atomic E-state index is 12.5. The van der Waals surface area contributed by atoms with Crippen LogP contribution in [0.1, 0.15) is 29.7 Å². The normalized spacial score (nSPS) is 14.4. The van der Waals surface area contributed by atoms with Crippen molar-refractivity contribution in [2.45, 2.75) is 44.0 Å². The number of aromatic nitrogens is 2. The number of hydrogen-bond donors (Lipinski definition) is 1. The van der Waals surface area contributed by atoms with Crippen LogP contribution in [-0.2, 0) is 29.4 Å². The van der Waals surface area contributed by atoms with Gasteiger partial charge < -0.3 is 4.74 Å². The van der Waals surface area contributed by atoms with Gasteiger partial charge in [0.25, 0.3) is 0 Å². The molecule has 0 saturated carbocycles. The molecule has 1 aromatic carbocycles. The summed E-state index contributed by atoms with van der Waals surface area (Å²) in [5, 5.41) is 4.40. The smallest absolute Gasteiger partial charge is 0.240 e. The average Bonchev–Trinajstić information content (AvgIpc) is 2.97. The fraction of sp³-hybridized carbons (Fsp3) is 0.471. The highest BCUT2D eigenvalue weighted by atomic mass is 32.2. The van der Waals surface area contributed by atoms with Gasteiger partial charge in [-0.3, -0.25) is 4.68 Å². The summed E-state index contributed by atoms with van der Waals surface area (Å²) in [7, 11) is -1.98. The van der Waals surface area contributed by atoms with E-state index in [1.54, 1.807) is 32.2 Å². The Morgan fingerprint density at radius 3 is 2.83 bits per heavy atom. The van der Waals surface area contributed by atoms with Crippen LogP contribution in [0, 0.1) is 6.92 Å². The lowest BCUT2D eigenvalue weighted by Crippen LogP contribution is -2.28. The van der Waals surface area contributed by atoms with E-state index in [9.17, 15) is 8.42 Å². The number of methoxy groups -OCH3 is 1. The van der Waals surface area contributed by atoms with Gasteiger partial charge in [-0.2, -0.15) is 5.10 Å². The molecule has 1 aliphatic carbocycles. The predicted octanol–water partition coefficient (Wildman–Crippen LogP) is 2.06. The lowest BCUT2D eigenvalue weighted by Gasteiger charge is -2.14. The molecule has 0 atom stereocenters. The third-order valence-corrected chi connectivity index (χ3v) is 6.05. The van der Waals surface area contributed by atoms with Crippen molar-refractivity contribution in [1.82, 2.24) is 14.5 Å². The molecule has 0 saturated heterocycles. The molecule has 24 heavy (non-hydrogen) atoms. The average molecular weight is 349 g/mol. The first-order valence-corrected chi connectivity index (χ1v) is 9.67. The number of sulfonamides is 1. The molecule has 0 aliphatic heterocycles. The molecule has 0 spiro atoms. The van der Waals surface area contributed by atoms with E-state index in [0.29, 0.717) is 24.4 Å². The van der Waals surface area contributed by atoms with Crippen LogP contribution >= 0.6 is 0 Å². The van der Waals surface area contributed by atoms with E-state index in [2.05, 4.69) is 9.82 Å². The SMILES string of the molecule is COc1ccc(S(=O)(=O)NCCn2ncc3c2CCCC3)c(C)c1. The van der Waals surface area contributed by atoms with Crippen LogP contribution < -0.4 is 9.46 Å². The van der Waals surface area contributed by atoms with Gasteiger partial charge in [0.05, 0.1) is 24.7 Å². The maximum atomic E-state index is 12.5. The molecule has 3 rings (SSSR count). The molecule has 0 fully saturated rings. The third-order valence-electron chi connectivity index (χ3n) is 4.43. The van der Waals surface area contributed by atoms with Gasteiger partial charge in [-0.05, 0) is 61.9 Å². The van der Waals surface area contributed by atoms with Gasteiger partial charge in [0.2, 0.25) is 10.0 Å². The molecular weight excluding hydrogens is 326 g/mol. The van der Waals surface area contributed by atoms with E-state index in [1.807, 2.05) is 10.9 Å². The summed E-state index contributed by atoms with van der Waals surface area (Å²) in [6, 6.07) is 4.95. The van der Waals surface area contributed by atoms with Gasteiger partial charge in [0.1, 0.15) is 5.75 Å². The Labute approximate surface area is 142 Å². The summed E-state index contributed by atoms with van der Waals surface area (Å²) in [6.45, 7) is 2.63. The second kappa shape index (κ2) is 6.94. The second-order valence-electron chi connectivity index (χ2n) is 6.08. The van der Waals surface area contributed by atoms with E-state index < -0.39 is 10.0 Å². The maximum Gasteiger partial charge on any atom is 0.240 e. The molecule has 130 valence electrons. The standard InChI is InChI=1S/C17H23N3O3S/c1-13-11-15(23-2)7-8-17(13)24(21,22)19-9-10-20-16-6-4-3-5-14(16)12-18-20/h7-8,11-12,19H,3-6,9-10H2,1-2H3. The Bertz CT molecular complexity index is 828. The minimum absolute atomic E-state index is 0.283. The molecule has 1 N–H and O–H groups in total. The highest BCUT2D eigenvalue weighted by molar-refractivity contribution is 7.89. The zero-order valence-electron chi connectivity index (χ0n) is 14.1. The van der Waals surface area contributed by atoms with Gasteiger partial charge in [-0.25, -0.2) is 13.1 Å². The highest BCUT2D eigenvalue weighted by Gasteiger charge is 2.18. The number of aryl methyl sites for hydroxylation is 2. The molecule has 0 amide bonds. The van der Waals surface area contributed by atoms with Crippen LogP contribution in [0.25, 0.3) is 0 Å². The number of fused-ring (bicyclic) bond motifs is 1. The zero-order chi connectivity index (χ0) is 17.2. The van der Waals surface area contributed by atoms with Crippen LogP contribution in [0.5, 0.6) is 5.75 Å². The van der Waals surface area contributed by atoms with Gasteiger partial charge in [0, 0.05) is 12.2 Å². The van der Waals surface area contributed by atoms with Crippen molar-refractivity contribution < 1.29 is 13.2 Å². The van der Waals surface area contributed by atoms with Gasteiger partial charge in [0.15, 0.2) is 0 Å². The summed E-state index contributed by atoms with van der Waals surface area (Å²) >= 11 is 0.